The van der Waals surface area contributed by atoms with Gasteiger partial charge in [0.25, 0.3) is 0 Å². The summed E-state index contributed by atoms with van der Waals surface area (Å²) in [5.74, 6) is -0.656. The summed E-state index contributed by atoms with van der Waals surface area (Å²) in [5, 5.41) is 0. The van der Waals surface area contributed by atoms with Crippen LogP contribution in [0.3, 0.4) is 0 Å². The number of rotatable bonds is 3. The summed E-state index contributed by atoms with van der Waals surface area (Å²) < 4.78 is 33.2. The topological polar surface area (TPSA) is 35.2 Å². The smallest absolute Gasteiger partial charge is 0.135 e. The maximum atomic E-state index is 13.9. The SMILES string of the molecule is Cc1ccc(F)c(C(C)Oc2ccc(N)cc2)c1F. The van der Waals surface area contributed by atoms with Crippen molar-refractivity contribution in [3.63, 3.8) is 0 Å². The normalized spacial score (nSPS) is 12.2. The first-order chi connectivity index (χ1) is 8.99. The van der Waals surface area contributed by atoms with Gasteiger partial charge in [0.2, 0.25) is 0 Å². The zero-order chi connectivity index (χ0) is 14.0. The number of halogens is 2. The number of nitrogens with two attached hydrogens (primary N) is 1. The number of anilines is 1. The van der Waals surface area contributed by atoms with Gasteiger partial charge in [-0.3, -0.25) is 0 Å². The maximum absolute atomic E-state index is 13.9. The second-order valence-electron chi connectivity index (χ2n) is 4.42. The second-order valence-corrected chi connectivity index (χ2v) is 4.42. The van der Waals surface area contributed by atoms with E-state index in [2.05, 4.69) is 0 Å². The molecule has 2 nitrogen and oxygen atoms in total. The first kappa shape index (κ1) is 13.3. The third-order valence-corrected chi connectivity index (χ3v) is 2.92. The highest BCUT2D eigenvalue weighted by Gasteiger charge is 2.19. The molecule has 0 bridgehead atoms. The van der Waals surface area contributed by atoms with Gasteiger partial charge in [-0.05, 0) is 49.7 Å². The van der Waals surface area contributed by atoms with E-state index < -0.39 is 17.7 Å². The van der Waals surface area contributed by atoms with Crippen molar-refractivity contribution >= 4 is 5.69 Å². The van der Waals surface area contributed by atoms with Crippen LogP contribution in [0.2, 0.25) is 0 Å². The molecule has 2 N–H and O–H groups in total. The molecule has 0 aromatic heterocycles. The fraction of sp³-hybridized carbons (Fsp3) is 0.200. The third-order valence-electron chi connectivity index (χ3n) is 2.92. The molecule has 0 spiro atoms. The molecule has 100 valence electrons. The molecule has 0 fully saturated rings. The van der Waals surface area contributed by atoms with Crippen LogP contribution in [-0.2, 0) is 0 Å². The van der Waals surface area contributed by atoms with Crippen LogP contribution in [0, 0.1) is 18.6 Å². The summed E-state index contributed by atoms with van der Waals surface area (Å²) in [4.78, 5) is 0. The van der Waals surface area contributed by atoms with Crippen LogP contribution in [0.5, 0.6) is 5.75 Å². The van der Waals surface area contributed by atoms with Gasteiger partial charge >= 0.3 is 0 Å². The predicted molar refractivity (Wildman–Crippen MR) is 71.0 cm³/mol. The lowest BCUT2D eigenvalue weighted by Crippen LogP contribution is -2.09. The Labute approximate surface area is 110 Å². The molecular weight excluding hydrogens is 248 g/mol. The lowest BCUT2D eigenvalue weighted by molar-refractivity contribution is 0.215. The van der Waals surface area contributed by atoms with Crippen molar-refractivity contribution in [3.05, 3.63) is 59.2 Å². The van der Waals surface area contributed by atoms with Crippen LogP contribution in [0.1, 0.15) is 24.2 Å². The van der Waals surface area contributed by atoms with Crippen molar-refractivity contribution in [2.75, 3.05) is 5.73 Å². The predicted octanol–water partition coefficient (Wildman–Crippen LogP) is 4.00. The number of benzene rings is 2. The van der Waals surface area contributed by atoms with Crippen molar-refractivity contribution < 1.29 is 13.5 Å². The fourth-order valence-corrected chi connectivity index (χ4v) is 1.86. The largest absolute Gasteiger partial charge is 0.486 e. The Balaban J connectivity index is 2.27. The van der Waals surface area contributed by atoms with Gasteiger partial charge in [0.05, 0.1) is 5.56 Å². The standard InChI is InChI=1S/C15H15F2NO/c1-9-3-8-13(16)14(15(9)17)10(2)19-12-6-4-11(18)5-7-12/h3-8,10H,18H2,1-2H3. The van der Waals surface area contributed by atoms with Crippen LogP contribution in [0.15, 0.2) is 36.4 Å². The minimum absolute atomic E-state index is 0.0585. The summed E-state index contributed by atoms with van der Waals surface area (Å²) >= 11 is 0. The van der Waals surface area contributed by atoms with Gasteiger partial charge in [-0.15, -0.1) is 0 Å². The van der Waals surface area contributed by atoms with Crippen LogP contribution in [0.4, 0.5) is 14.5 Å². The molecule has 2 rings (SSSR count). The van der Waals surface area contributed by atoms with Crippen LogP contribution < -0.4 is 10.5 Å². The van der Waals surface area contributed by atoms with Crippen molar-refractivity contribution in [1.29, 1.82) is 0 Å². The Kier molecular flexibility index (Phi) is 3.69. The first-order valence-electron chi connectivity index (χ1n) is 5.95. The van der Waals surface area contributed by atoms with Crippen LogP contribution >= 0.6 is 0 Å². The molecule has 0 heterocycles. The summed E-state index contributed by atoms with van der Waals surface area (Å²) in [6.45, 7) is 3.20. The van der Waals surface area contributed by atoms with E-state index in [0.717, 1.165) is 0 Å². The number of hydrogen-bond donors (Lipinski definition) is 1. The Morgan fingerprint density at radius 1 is 1.05 bits per heavy atom. The van der Waals surface area contributed by atoms with E-state index in [4.69, 9.17) is 10.5 Å². The van der Waals surface area contributed by atoms with E-state index in [1.807, 2.05) is 0 Å². The molecule has 1 atom stereocenters. The Hall–Kier alpha value is -2.10. The fourth-order valence-electron chi connectivity index (χ4n) is 1.86. The molecule has 0 aliphatic heterocycles. The van der Waals surface area contributed by atoms with Gasteiger partial charge in [0.1, 0.15) is 23.5 Å². The number of hydrogen-bond acceptors (Lipinski definition) is 2. The number of ether oxygens (including phenoxy) is 1. The molecular formula is C15H15F2NO. The van der Waals surface area contributed by atoms with Crippen LogP contribution in [0.25, 0.3) is 0 Å². The molecule has 2 aromatic carbocycles. The van der Waals surface area contributed by atoms with E-state index >= 15 is 0 Å². The second kappa shape index (κ2) is 5.26. The highest BCUT2D eigenvalue weighted by Crippen LogP contribution is 2.27. The van der Waals surface area contributed by atoms with Crippen molar-refractivity contribution in [3.8, 4) is 5.75 Å². The molecule has 0 aliphatic rings. The first-order valence-corrected chi connectivity index (χ1v) is 5.95. The molecule has 0 radical (unpaired) electrons. The molecule has 4 heteroatoms. The van der Waals surface area contributed by atoms with E-state index in [1.165, 1.54) is 12.1 Å². The minimum atomic E-state index is -0.719. The van der Waals surface area contributed by atoms with Gasteiger partial charge in [0.15, 0.2) is 0 Å². The van der Waals surface area contributed by atoms with Crippen molar-refractivity contribution in [1.82, 2.24) is 0 Å². The Morgan fingerprint density at radius 3 is 2.32 bits per heavy atom. The quantitative estimate of drug-likeness (QED) is 0.850. The van der Waals surface area contributed by atoms with E-state index in [9.17, 15) is 8.78 Å². The summed E-state index contributed by atoms with van der Waals surface area (Å²) in [6.07, 6.45) is -0.719. The molecule has 19 heavy (non-hydrogen) atoms. The highest BCUT2D eigenvalue weighted by molar-refractivity contribution is 5.42. The highest BCUT2D eigenvalue weighted by atomic mass is 19.1. The van der Waals surface area contributed by atoms with Gasteiger partial charge in [-0.25, -0.2) is 8.78 Å². The average Bonchev–Trinajstić information content (AvgIpc) is 2.37. The third kappa shape index (κ3) is 2.84. The summed E-state index contributed by atoms with van der Waals surface area (Å²) in [7, 11) is 0. The minimum Gasteiger partial charge on any atom is -0.486 e. The molecule has 0 saturated carbocycles. The zero-order valence-corrected chi connectivity index (χ0v) is 10.8. The molecule has 1 unspecified atom stereocenters. The number of nitrogen functional groups attached to an aromatic ring is 1. The molecule has 2 aromatic rings. The van der Waals surface area contributed by atoms with Crippen LogP contribution in [-0.4, -0.2) is 0 Å². The maximum Gasteiger partial charge on any atom is 0.135 e. The molecule has 0 amide bonds. The van der Waals surface area contributed by atoms with Gasteiger partial charge in [0, 0.05) is 5.69 Å². The Bertz CT molecular complexity index is 581. The lowest BCUT2D eigenvalue weighted by atomic mass is 10.1. The van der Waals surface area contributed by atoms with Crippen molar-refractivity contribution in [2.24, 2.45) is 0 Å². The van der Waals surface area contributed by atoms with Crippen molar-refractivity contribution in [2.45, 2.75) is 20.0 Å². The number of aryl methyl sites for hydroxylation is 1. The molecule has 0 aliphatic carbocycles. The lowest BCUT2D eigenvalue weighted by Gasteiger charge is -2.17. The van der Waals surface area contributed by atoms with Gasteiger partial charge in [-0.2, -0.15) is 0 Å². The Morgan fingerprint density at radius 2 is 1.68 bits per heavy atom. The molecule has 0 saturated heterocycles. The van der Waals surface area contributed by atoms with E-state index in [1.54, 1.807) is 38.1 Å². The van der Waals surface area contributed by atoms with Gasteiger partial charge in [-0.1, -0.05) is 6.07 Å². The average molecular weight is 263 g/mol. The summed E-state index contributed by atoms with van der Waals surface area (Å²) in [6, 6.07) is 9.32. The zero-order valence-electron chi connectivity index (χ0n) is 10.8. The van der Waals surface area contributed by atoms with E-state index in [-0.39, 0.29) is 5.56 Å². The van der Waals surface area contributed by atoms with E-state index in [0.29, 0.717) is 17.0 Å². The summed E-state index contributed by atoms with van der Waals surface area (Å²) in [5.41, 5.74) is 6.50. The monoisotopic (exact) mass is 263 g/mol. The van der Waals surface area contributed by atoms with Gasteiger partial charge < -0.3 is 10.5 Å².